The highest BCUT2D eigenvalue weighted by molar-refractivity contribution is 9.10. The Bertz CT molecular complexity index is 1470. The molecule has 1 aliphatic heterocycles. The second kappa shape index (κ2) is 7.66. The van der Waals surface area contributed by atoms with Gasteiger partial charge in [-0.3, -0.25) is 14.5 Å². The highest BCUT2D eigenvalue weighted by Gasteiger charge is 2.44. The molecule has 5 rings (SSSR count). The monoisotopic (exact) mass is 502 g/mol. The van der Waals surface area contributed by atoms with E-state index in [-0.39, 0.29) is 22.5 Å². The lowest BCUT2D eigenvalue weighted by molar-refractivity contribution is 0.0970. The molecule has 0 bridgehead atoms. The van der Waals surface area contributed by atoms with E-state index in [2.05, 4.69) is 53.8 Å². The van der Waals surface area contributed by atoms with Crippen molar-refractivity contribution in [3.05, 3.63) is 104 Å². The molecule has 2 aromatic heterocycles. The van der Waals surface area contributed by atoms with E-state index in [0.29, 0.717) is 22.4 Å². The first kappa shape index (κ1) is 21.6. The van der Waals surface area contributed by atoms with Gasteiger partial charge in [0.25, 0.3) is 5.91 Å². The van der Waals surface area contributed by atoms with Crippen LogP contribution in [0.5, 0.6) is 0 Å². The summed E-state index contributed by atoms with van der Waals surface area (Å²) in [5, 5.41) is 0.436. The Hall–Kier alpha value is -3.25. The summed E-state index contributed by atoms with van der Waals surface area (Å²) in [4.78, 5) is 33.5. The van der Waals surface area contributed by atoms with Gasteiger partial charge in [-0.25, -0.2) is 4.98 Å². The van der Waals surface area contributed by atoms with Gasteiger partial charge < -0.3 is 4.42 Å². The average molecular weight is 503 g/mol. The van der Waals surface area contributed by atoms with E-state index in [1.807, 2.05) is 31.2 Å². The molecule has 0 fully saturated rings. The zero-order valence-corrected chi connectivity index (χ0v) is 20.4. The van der Waals surface area contributed by atoms with E-state index < -0.39 is 6.04 Å². The van der Waals surface area contributed by atoms with Crippen LogP contribution >= 0.6 is 15.9 Å². The number of nitrogens with zero attached hydrogens (tertiary/aromatic N) is 2. The van der Waals surface area contributed by atoms with Crippen molar-refractivity contribution >= 4 is 38.6 Å². The van der Waals surface area contributed by atoms with Gasteiger partial charge in [0.05, 0.1) is 17.0 Å². The van der Waals surface area contributed by atoms with Crippen LogP contribution in [0.25, 0.3) is 11.0 Å². The number of hydrogen-bond acceptors (Lipinski definition) is 4. The SMILES string of the molecule is Cc1cccc(N2C(=O)c3oc4ccc(Br)cc4c(=O)c3C2c2ccc(C(C)(C)C)cc2)n1. The Balaban J connectivity index is 1.78. The minimum atomic E-state index is -0.629. The molecule has 166 valence electrons. The fourth-order valence-corrected chi connectivity index (χ4v) is 4.69. The Morgan fingerprint density at radius 2 is 1.73 bits per heavy atom. The number of aromatic nitrogens is 1. The summed E-state index contributed by atoms with van der Waals surface area (Å²) in [6, 6.07) is 18.2. The summed E-state index contributed by atoms with van der Waals surface area (Å²) in [6.07, 6.45) is 0. The van der Waals surface area contributed by atoms with Crippen LogP contribution < -0.4 is 10.3 Å². The van der Waals surface area contributed by atoms with Gasteiger partial charge in [-0.2, -0.15) is 0 Å². The molecule has 6 heteroatoms. The lowest BCUT2D eigenvalue weighted by Gasteiger charge is -2.25. The molecule has 4 aromatic rings. The van der Waals surface area contributed by atoms with E-state index in [4.69, 9.17) is 4.42 Å². The maximum atomic E-state index is 13.7. The summed E-state index contributed by atoms with van der Waals surface area (Å²) in [5.74, 6) is 0.193. The second-order valence-electron chi connectivity index (χ2n) is 9.40. The quantitative estimate of drug-likeness (QED) is 0.322. The number of fused-ring (bicyclic) bond motifs is 2. The summed E-state index contributed by atoms with van der Waals surface area (Å²) < 4.78 is 6.80. The molecule has 0 spiro atoms. The number of halogens is 1. The molecule has 2 aromatic carbocycles. The fourth-order valence-electron chi connectivity index (χ4n) is 4.33. The molecular formula is C27H23BrN2O3. The molecule has 1 amide bonds. The first-order valence-corrected chi connectivity index (χ1v) is 11.6. The first-order chi connectivity index (χ1) is 15.6. The normalized spacial score (nSPS) is 15.8. The van der Waals surface area contributed by atoms with Crippen molar-refractivity contribution in [2.24, 2.45) is 0 Å². The molecular weight excluding hydrogens is 480 g/mol. The zero-order chi connectivity index (χ0) is 23.5. The number of carbonyl (C=O) groups excluding carboxylic acids is 1. The topological polar surface area (TPSA) is 63.4 Å². The maximum absolute atomic E-state index is 13.7. The minimum Gasteiger partial charge on any atom is -0.450 e. The Morgan fingerprint density at radius 1 is 1.00 bits per heavy atom. The highest BCUT2D eigenvalue weighted by atomic mass is 79.9. The number of pyridine rings is 1. The number of hydrogen-bond donors (Lipinski definition) is 0. The number of carbonyl (C=O) groups is 1. The maximum Gasteiger partial charge on any atom is 0.296 e. The molecule has 0 saturated carbocycles. The van der Waals surface area contributed by atoms with Crippen LogP contribution in [0.15, 0.2) is 74.3 Å². The van der Waals surface area contributed by atoms with Crippen LogP contribution in [-0.2, 0) is 5.41 Å². The zero-order valence-electron chi connectivity index (χ0n) is 18.8. The van der Waals surface area contributed by atoms with Crippen LogP contribution in [0.2, 0.25) is 0 Å². The van der Waals surface area contributed by atoms with Crippen LogP contribution in [-0.4, -0.2) is 10.9 Å². The Morgan fingerprint density at radius 3 is 2.39 bits per heavy atom. The smallest absolute Gasteiger partial charge is 0.296 e. The van der Waals surface area contributed by atoms with Gasteiger partial charge in [-0.15, -0.1) is 0 Å². The molecule has 3 heterocycles. The van der Waals surface area contributed by atoms with E-state index in [1.54, 1.807) is 29.2 Å². The summed E-state index contributed by atoms with van der Waals surface area (Å²) in [7, 11) is 0. The lowest BCUT2D eigenvalue weighted by atomic mass is 9.86. The van der Waals surface area contributed by atoms with Gasteiger partial charge >= 0.3 is 0 Å². The molecule has 0 radical (unpaired) electrons. The van der Waals surface area contributed by atoms with Crippen molar-refractivity contribution in [3.8, 4) is 0 Å². The van der Waals surface area contributed by atoms with Gasteiger partial charge in [0.2, 0.25) is 5.76 Å². The van der Waals surface area contributed by atoms with Gasteiger partial charge in [0.1, 0.15) is 11.4 Å². The van der Waals surface area contributed by atoms with Crippen molar-refractivity contribution < 1.29 is 9.21 Å². The molecule has 0 saturated heterocycles. The van der Waals surface area contributed by atoms with Crippen molar-refractivity contribution in [1.29, 1.82) is 0 Å². The molecule has 33 heavy (non-hydrogen) atoms. The van der Waals surface area contributed by atoms with Gasteiger partial charge in [0, 0.05) is 10.2 Å². The van der Waals surface area contributed by atoms with Crippen LogP contribution in [0.1, 0.15) is 59.8 Å². The summed E-state index contributed by atoms with van der Waals surface area (Å²) in [5.41, 5.74) is 3.30. The molecule has 0 N–H and O–H groups in total. The molecule has 0 aliphatic carbocycles. The third-order valence-electron chi connectivity index (χ3n) is 6.05. The van der Waals surface area contributed by atoms with E-state index in [1.165, 1.54) is 5.56 Å². The number of amides is 1. The first-order valence-electron chi connectivity index (χ1n) is 10.8. The van der Waals surface area contributed by atoms with Crippen LogP contribution in [0.3, 0.4) is 0 Å². The lowest BCUT2D eigenvalue weighted by Crippen LogP contribution is -2.30. The number of benzene rings is 2. The van der Waals surface area contributed by atoms with Gasteiger partial charge in [0.15, 0.2) is 5.43 Å². The largest absolute Gasteiger partial charge is 0.450 e. The third kappa shape index (κ3) is 3.59. The Labute approximate surface area is 200 Å². The van der Waals surface area contributed by atoms with Crippen molar-refractivity contribution in [2.75, 3.05) is 4.90 Å². The standard InChI is InChI=1S/C27H23BrN2O3/c1-15-6-5-7-21(29-15)30-23(16-8-10-17(11-9-16)27(2,3)4)22-24(31)19-14-18(28)12-13-20(19)33-25(22)26(30)32/h5-14,23H,1-4H3. The average Bonchev–Trinajstić information content (AvgIpc) is 3.06. The summed E-state index contributed by atoms with van der Waals surface area (Å²) in [6.45, 7) is 8.33. The fraction of sp³-hybridized carbons (Fsp3) is 0.222. The van der Waals surface area contributed by atoms with Crippen molar-refractivity contribution in [2.45, 2.75) is 39.2 Å². The number of anilines is 1. The summed E-state index contributed by atoms with van der Waals surface area (Å²) >= 11 is 3.43. The van der Waals surface area contributed by atoms with Crippen molar-refractivity contribution in [3.63, 3.8) is 0 Å². The number of rotatable bonds is 2. The second-order valence-corrected chi connectivity index (χ2v) is 10.3. The van der Waals surface area contributed by atoms with Gasteiger partial charge in [-0.05, 0) is 53.8 Å². The Kier molecular flexibility index (Phi) is 5.01. The number of aryl methyl sites for hydroxylation is 1. The van der Waals surface area contributed by atoms with Crippen LogP contribution in [0.4, 0.5) is 5.82 Å². The predicted molar refractivity (Wildman–Crippen MR) is 133 cm³/mol. The van der Waals surface area contributed by atoms with E-state index >= 15 is 0 Å². The predicted octanol–water partition coefficient (Wildman–Crippen LogP) is 6.31. The van der Waals surface area contributed by atoms with Crippen LogP contribution in [0, 0.1) is 6.92 Å². The third-order valence-corrected chi connectivity index (χ3v) is 6.54. The van der Waals surface area contributed by atoms with Crippen molar-refractivity contribution in [1.82, 2.24) is 4.98 Å². The molecule has 1 unspecified atom stereocenters. The highest BCUT2D eigenvalue weighted by Crippen LogP contribution is 2.41. The van der Waals surface area contributed by atoms with Gasteiger partial charge in [-0.1, -0.05) is 67.0 Å². The van der Waals surface area contributed by atoms with E-state index in [9.17, 15) is 9.59 Å². The minimum absolute atomic E-state index is 0.0127. The van der Waals surface area contributed by atoms with E-state index in [0.717, 1.165) is 15.7 Å². The molecule has 5 nitrogen and oxygen atoms in total. The molecule has 1 atom stereocenters. The molecule has 1 aliphatic rings.